The van der Waals surface area contributed by atoms with Gasteiger partial charge in [0.1, 0.15) is 5.03 Å². The second kappa shape index (κ2) is 9.48. The van der Waals surface area contributed by atoms with E-state index in [1.54, 1.807) is 6.07 Å². The summed E-state index contributed by atoms with van der Waals surface area (Å²) in [6, 6.07) is 10.9. The van der Waals surface area contributed by atoms with Crippen molar-refractivity contribution in [2.24, 2.45) is 0 Å². The smallest absolute Gasteiger partial charge is 0.290 e. The van der Waals surface area contributed by atoms with E-state index in [-0.39, 0.29) is 22.5 Å². The van der Waals surface area contributed by atoms with E-state index in [1.165, 1.54) is 17.8 Å². The maximum atomic E-state index is 12.6. The molecule has 1 fully saturated rings. The first kappa shape index (κ1) is 20.0. The average Bonchev–Trinajstić information content (AvgIpc) is 2.65. The van der Waals surface area contributed by atoms with E-state index < -0.39 is 5.76 Å². The van der Waals surface area contributed by atoms with Gasteiger partial charge in [-0.2, -0.15) is 8.78 Å². The van der Waals surface area contributed by atoms with Gasteiger partial charge in [0.15, 0.2) is 0 Å². The second-order valence-electron chi connectivity index (χ2n) is 6.38. The molecule has 1 aromatic heterocycles. The molecular formula is C19H20ClF2N3OS. The number of hydrogen-bond donors (Lipinski definition) is 1. The Bertz CT molecular complexity index is 768. The van der Waals surface area contributed by atoms with Crippen molar-refractivity contribution in [3.8, 4) is 0 Å². The third-order valence-electron chi connectivity index (χ3n) is 4.46. The standard InChI is InChI=1S/C19H20ClF2N3OS/c20-14-5-3-13(4-6-14)12-25-10-7-15(8-11-25)24-17(26)16-2-1-9-23-18(16)27-19(21)22/h1-6,9,15,19H,7-8,10-12H2,(H,24,26). The molecule has 1 aliphatic heterocycles. The van der Waals surface area contributed by atoms with Gasteiger partial charge < -0.3 is 5.32 Å². The number of rotatable bonds is 6. The number of benzene rings is 1. The lowest BCUT2D eigenvalue weighted by molar-refractivity contribution is 0.0905. The fourth-order valence-electron chi connectivity index (χ4n) is 3.09. The van der Waals surface area contributed by atoms with Crippen LogP contribution in [0.2, 0.25) is 5.02 Å². The van der Waals surface area contributed by atoms with Gasteiger partial charge >= 0.3 is 0 Å². The Hall–Kier alpha value is -1.70. The van der Waals surface area contributed by atoms with Crippen molar-refractivity contribution < 1.29 is 13.6 Å². The maximum absolute atomic E-state index is 12.6. The number of alkyl halides is 2. The molecule has 1 saturated heterocycles. The first-order chi connectivity index (χ1) is 13.0. The molecule has 0 bridgehead atoms. The molecule has 0 atom stereocenters. The summed E-state index contributed by atoms with van der Waals surface area (Å²) in [6.07, 6.45) is 3.05. The number of aromatic nitrogens is 1. The summed E-state index contributed by atoms with van der Waals surface area (Å²) in [4.78, 5) is 18.7. The van der Waals surface area contributed by atoms with Crippen molar-refractivity contribution in [2.75, 3.05) is 13.1 Å². The predicted molar refractivity (Wildman–Crippen MR) is 103 cm³/mol. The summed E-state index contributed by atoms with van der Waals surface area (Å²) < 4.78 is 25.3. The zero-order valence-corrected chi connectivity index (χ0v) is 16.1. The first-order valence-corrected chi connectivity index (χ1v) is 9.94. The molecule has 27 heavy (non-hydrogen) atoms. The molecule has 3 rings (SSSR count). The van der Waals surface area contributed by atoms with Crippen LogP contribution in [0, 0.1) is 0 Å². The molecule has 2 aromatic rings. The highest BCUT2D eigenvalue weighted by Crippen LogP contribution is 2.26. The number of likely N-dealkylation sites (tertiary alicyclic amines) is 1. The molecule has 1 aromatic carbocycles. The van der Waals surface area contributed by atoms with Crippen molar-refractivity contribution in [1.29, 1.82) is 0 Å². The lowest BCUT2D eigenvalue weighted by atomic mass is 10.0. The van der Waals surface area contributed by atoms with Gasteiger partial charge in [-0.05, 0) is 54.4 Å². The molecule has 144 valence electrons. The molecule has 0 saturated carbocycles. The number of nitrogens with one attached hydrogen (secondary N) is 1. The van der Waals surface area contributed by atoms with Crippen LogP contribution in [-0.2, 0) is 6.54 Å². The Morgan fingerprint density at radius 3 is 2.63 bits per heavy atom. The van der Waals surface area contributed by atoms with Crippen LogP contribution in [0.15, 0.2) is 47.6 Å². The summed E-state index contributed by atoms with van der Waals surface area (Å²) in [6.45, 7) is 2.56. The van der Waals surface area contributed by atoms with Crippen LogP contribution >= 0.6 is 23.4 Å². The topological polar surface area (TPSA) is 45.2 Å². The van der Waals surface area contributed by atoms with Crippen molar-refractivity contribution in [2.45, 2.75) is 36.2 Å². The van der Waals surface area contributed by atoms with Crippen LogP contribution in [0.4, 0.5) is 8.78 Å². The number of carbonyl (C=O) groups is 1. The number of thioether (sulfide) groups is 1. The van der Waals surface area contributed by atoms with Crippen molar-refractivity contribution >= 4 is 29.3 Å². The number of piperidine rings is 1. The van der Waals surface area contributed by atoms with E-state index in [9.17, 15) is 13.6 Å². The Labute approximate surface area is 166 Å². The van der Waals surface area contributed by atoms with E-state index in [0.29, 0.717) is 11.8 Å². The van der Waals surface area contributed by atoms with Gasteiger partial charge in [0, 0.05) is 36.9 Å². The van der Waals surface area contributed by atoms with Gasteiger partial charge in [-0.25, -0.2) is 4.98 Å². The summed E-state index contributed by atoms with van der Waals surface area (Å²) in [5.74, 6) is -2.95. The monoisotopic (exact) mass is 411 g/mol. The molecule has 8 heteroatoms. The molecule has 0 spiro atoms. The minimum Gasteiger partial charge on any atom is -0.349 e. The van der Waals surface area contributed by atoms with E-state index in [0.717, 1.165) is 37.5 Å². The number of hydrogen-bond acceptors (Lipinski definition) is 4. The SMILES string of the molecule is O=C(NC1CCN(Cc2ccc(Cl)cc2)CC1)c1cccnc1SC(F)F. The first-order valence-electron chi connectivity index (χ1n) is 8.69. The zero-order valence-electron chi connectivity index (χ0n) is 14.6. The molecule has 1 aliphatic rings. The van der Waals surface area contributed by atoms with Crippen molar-refractivity contribution in [1.82, 2.24) is 15.2 Å². The average molecular weight is 412 g/mol. The van der Waals surface area contributed by atoms with Crippen LogP contribution < -0.4 is 5.32 Å². The predicted octanol–water partition coefficient (Wildman–Crippen LogP) is 4.44. The van der Waals surface area contributed by atoms with Gasteiger partial charge in [0.2, 0.25) is 0 Å². The maximum Gasteiger partial charge on any atom is 0.290 e. The van der Waals surface area contributed by atoms with Crippen molar-refractivity contribution in [3.05, 3.63) is 58.7 Å². The molecule has 4 nitrogen and oxygen atoms in total. The lowest BCUT2D eigenvalue weighted by Crippen LogP contribution is -2.44. The highest BCUT2D eigenvalue weighted by atomic mass is 35.5. The summed E-state index contributed by atoms with van der Waals surface area (Å²) in [5, 5.41) is 3.74. The summed E-state index contributed by atoms with van der Waals surface area (Å²) in [5.41, 5.74) is 1.40. The van der Waals surface area contributed by atoms with Gasteiger partial charge in [0.25, 0.3) is 11.7 Å². The fourth-order valence-corrected chi connectivity index (χ4v) is 3.79. The highest BCUT2D eigenvalue weighted by molar-refractivity contribution is 7.99. The van der Waals surface area contributed by atoms with Crippen LogP contribution in [0.1, 0.15) is 28.8 Å². The lowest BCUT2D eigenvalue weighted by Gasteiger charge is -2.32. The highest BCUT2D eigenvalue weighted by Gasteiger charge is 2.23. The normalized spacial score (nSPS) is 15.9. The van der Waals surface area contributed by atoms with E-state index in [4.69, 9.17) is 11.6 Å². The summed E-state index contributed by atoms with van der Waals surface area (Å²) >= 11 is 6.21. The Morgan fingerprint density at radius 2 is 1.96 bits per heavy atom. The van der Waals surface area contributed by atoms with Crippen LogP contribution in [0.3, 0.4) is 0 Å². The van der Waals surface area contributed by atoms with E-state index >= 15 is 0 Å². The van der Waals surface area contributed by atoms with E-state index in [1.807, 2.05) is 24.3 Å². The molecular weight excluding hydrogens is 392 g/mol. The van der Waals surface area contributed by atoms with Gasteiger partial charge in [0.05, 0.1) is 5.56 Å². The third kappa shape index (κ3) is 5.89. The number of pyridine rings is 1. The fraction of sp³-hybridized carbons (Fsp3) is 0.368. The molecule has 0 unspecified atom stereocenters. The van der Waals surface area contributed by atoms with Gasteiger partial charge in [-0.3, -0.25) is 9.69 Å². The van der Waals surface area contributed by atoms with Crippen LogP contribution in [-0.4, -0.2) is 40.7 Å². The second-order valence-corrected chi connectivity index (χ2v) is 7.80. The number of carbonyl (C=O) groups excluding carboxylic acids is 1. The minimum atomic E-state index is -2.61. The Morgan fingerprint density at radius 1 is 1.26 bits per heavy atom. The number of amides is 1. The zero-order chi connectivity index (χ0) is 19.2. The van der Waals surface area contributed by atoms with Gasteiger partial charge in [-0.1, -0.05) is 23.7 Å². The van der Waals surface area contributed by atoms with Crippen LogP contribution in [0.5, 0.6) is 0 Å². The van der Waals surface area contributed by atoms with Gasteiger partial charge in [-0.15, -0.1) is 0 Å². The summed E-state index contributed by atoms with van der Waals surface area (Å²) in [7, 11) is 0. The molecule has 0 aliphatic carbocycles. The molecule has 0 radical (unpaired) electrons. The largest absolute Gasteiger partial charge is 0.349 e. The quantitative estimate of drug-likeness (QED) is 0.713. The van der Waals surface area contributed by atoms with Crippen molar-refractivity contribution in [3.63, 3.8) is 0 Å². The number of nitrogens with zero attached hydrogens (tertiary/aromatic N) is 2. The van der Waals surface area contributed by atoms with E-state index in [2.05, 4.69) is 15.2 Å². The Kier molecular flexibility index (Phi) is 7.04. The Balaban J connectivity index is 1.52. The molecule has 2 heterocycles. The minimum absolute atomic E-state index is 0.0311. The number of halogens is 3. The third-order valence-corrected chi connectivity index (χ3v) is 5.44. The van der Waals surface area contributed by atoms with Crippen LogP contribution in [0.25, 0.3) is 0 Å². The molecule has 1 N–H and O–H groups in total. The molecule has 1 amide bonds.